The highest BCUT2D eigenvalue weighted by Crippen LogP contribution is 2.35. The fourth-order valence-electron chi connectivity index (χ4n) is 3.86. The lowest BCUT2D eigenvalue weighted by atomic mass is 9.88. The number of ether oxygens (including phenoxy) is 1. The van der Waals surface area contributed by atoms with Crippen LogP contribution in [0.25, 0.3) is 11.1 Å². The van der Waals surface area contributed by atoms with Gasteiger partial charge in [0.1, 0.15) is 18.1 Å². The molecule has 3 rings (SSSR count). The van der Waals surface area contributed by atoms with Crippen LogP contribution < -0.4 is 4.74 Å². The van der Waals surface area contributed by atoms with E-state index in [0.717, 1.165) is 42.9 Å². The van der Waals surface area contributed by atoms with E-state index in [1.807, 2.05) is 18.2 Å². The topological polar surface area (TPSA) is 32.7 Å². The number of likely N-dealkylation sites (N-methyl/N-ethyl adjacent to an activating group) is 1. The highest BCUT2D eigenvalue weighted by atomic mass is 16.5. The minimum absolute atomic E-state index is 0.276. The Bertz CT molecular complexity index is 956. The van der Waals surface area contributed by atoms with Crippen molar-refractivity contribution < 1.29 is 9.84 Å². The predicted molar refractivity (Wildman–Crippen MR) is 130 cm³/mol. The van der Waals surface area contributed by atoms with Crippen molar-refractivity contribution in [1.29, 1.82) is 0 Å². The van der Waals surface area contributed by atoms with Crippen molar-refractivity contribution in [3.8, 4) is 11.5 Å². The maximum atomic E-state index is 9.78. The Morgan fingerprint density at radius 2 is 1.32 bits per heavy atom. The van der Waals surface area contributed by atoms with Crippen molar-refractivity contribution in [1.82, 2.24) is 4.90 Å². The summed E-state index contributed by atoms with van der Waals surface area (Å²) in [5, 5.41) is 9.78. The first-order valence-electron chi connectivity index (χ1n) is 11.2. The van der Waals surface area contributed by atoms with Crippen LogP contribution in [0.5, 0.6) is 11.5 Å². The van der Waals surface area contributed by atoms with Gasteiger partial charge in [-0.1, -0.05) is 75.4 Å². The van der Waals surface area contributed by atoms with E-state index >= 15 is 0 Å². The molecule has 0 fully saturated rings. The number of rotatable bonds is 10. The molecule has 3 nitrogen and oxygen atoms in total. The van der Waals surface area contributed by atoms with Crippen molar-refractivity contribution in [3.63, 3.8) is 0 Å². The third-order valence-electron chi connectivity index (χ3n) is 5.65. The van der Waals surface area contributed by atoms with Crippen LogP contribution in [0.2, 0.25) is 0 Å². The van der Waals surface area contributed by atoms with E-state index in [1.165, 1.54) is 16.7 Å². The molecule has 0 amide bonds. The van der Waals surface area contributed by atoms with Crippen molar-refractivity contribution in [2.24, 2.45) is 0 Å². The summed E-state index contributed by atoms with van der Waals surface area (Å²) in [5.41, 5.74) is 5.91. The highest BCUT2D eigenvalue weighted by Gasteiger charge is 2.13. The lowest BCUT2D eigenvalue weighted by molar-refractivity contribution is 0.223. The van der Waals surface area contributed by atoms with Gasteiger partial charge in [-0.2, -0.15) is 0 Å². The van der Waals surface area contributed by atoms with E-state index in [-0.39, 0.29) is 5.75 Å². The van der Waals surface area contributed by atoms with Gasteiger partial charge >= 0.3 is 0 Å². The molecule has 0 aliphatic rings. The first-order valence-corrected chi connectivity index (χ1v) is 11.2. The third kappa shape index (κ3) is 5.99. The van der Waals surface area contributed by atoms with Gasteiger partial charge in [-0.3, -0.25) is 0 Å². The van der Waals surface area contributed by atoms with E-state index in [0.29, 0.717) is 6.61 Å². The monoisotopic (exact) mass is 415 g/mol. The first kappa shape index (κ1) is 22.6. The normalized spacial score (nSPS) is 12.0. The molecular weight excluding hydrogens is 382 g/mol. The van der Waals surface area contributed by atoms with E-state index in [1.54, 1.807) is 12.1 Å². The number of phenols is 1. The molecule has 0 saturated carbocycles. The molecule has 0 aromatic heterocycles. The molecule has 3 aromatic rings. The van der Waals surface area contributed by atoms with E-state index in [9.17, 15) is 5.11 Å². The Morgan fingerprint density at radius 3 is 1.87 bits per heavy atom. The molecule has 0 bridgehead atoms. The summed E-state index contributed by atoms with van der Waals surface area (Å²) in [6, 6.07) is 26.3. The molecular formula is C28H33NO2. The van der Waals surface area contributed by atoms with Gasteiger partial charge in [0.25, 0.3) is 0 Å². The van der Waals surface area contributed by atoms with Gasteiger partial charge < -0.3 is 14.7 Å². The van der Waals surface area contributed by atoms with Gasteiger partial charge in [-0.15, -0.1) is 0 Å². The molecule has 0 aliphatic carbocycles. The van der Waals surface area contributed by atoms with Crippen molar-refractivity contribution in [2.45, 2.75) is 27.2 Å². The van der Waals surface area contributed by atoms with Crippen LogP contribution in [-0.2, 0) is 0 Å². The summed E-state index contributed by atoms with van der Waals surface area (Å²) in [7, 11) is 0. The van der Waals surface area contributed by atoms with Crippen LogP contribution in [0.1, 0.15) is 43.9 Å². The number of nitrogens with zero attached hydrogens (tertiary/aromatic N) is 1. The summed E-state index contributed by atoms with van der Waals surface area (Å²) in [6.45, 7) is 10.2. The minimum atomic E-state index is 0.276. The minimum Gasteiger partial charge on any atom is -0.508 e. The molecule has 0 atom stereocenters. The zero-order valence-electron chi connectivity index (χ0n) is 18.8. The fraction of sp³-hybridized carbons (Fsp3) is 0.286. The third-order valence-corrected chi connectivity index (χ3v) is 5.65. The lowest BCUT2D eigenvalue weighted by Crippen LogP contribution is -2.27. The van der Waals surface area contributed by atoms with E-state index in [2.05, 4.69) is 74.2 Å². The second-order valence-electron chi connectivity index (χ2n) is 7.52. The molecule has 0 aliphatic heterocycles. The molecule has 1 N–H and O–H groups in total. The molecule has 31 heavy (non-hydrogen) atoms. The van der Waals surface area contributed by atoms with Crippen LogP contribution in [0.3, 0.4) is 0 Å². The SMILES string of the molecule is CC/C(=C(\c1ccc(O)cc1)c1ccc(OCCN(CC)CC)cc1)c1ccccc1. The Hall–Kier alpha value is -3.04. The van der Waals surface area contributed by atoms with Crippen LogP contribution in [0.15, 0.2) is 78.9 Å². The largest absolute Gasteiger partial charge is 0.508 e. The quantitative estimate of drug-likeness (QED) is 0.385. The number of hydrogen-bond acceptors (Lipinski definition) is 3. The first-order chi connectivity index (χ1) is 15.2. The van der Waals surface area contributed by atoms with Gasteiger partial charge in [-0.05, 0) is 71.6 Å². The zero-order valence-corrected chi connectivity index (χ0v) is 18.8. The van der Waals surface area contributed by atoms with Crippen LogP contribution in [-0.4, -0.2) is 36.2 Å². The number of benzene rings is 3. The number of aromatic hydroxyl groups is 1. The molecule has 0 unspecified atom stereocenters. The average Bonchev–Trinajstić information content (AvgIpc) is 2.82. The molecule has 0 spiro atoms. The number of allylic oxidation sites excluding steroid dienone is 1. The molecule has 0 radical (unpaired) electrons. The summed E-state index contributed by atoms with van der Waals surface area (Å²) < 4.78 is 5.98. The Kier molecular flexibility index (Phi) is 8.31. The Balaban J connectivity index is 1.93. The van der Waals surface area contributed by atoms with Crippen molar-refractivity contribution in [2.75, 3.05) is 26.2 Å². The summed E-state index contributed by atoms with van der Waals surface area (Å²) in [6.07, 6.45) is 0.905. The van der Waals surface area contributed by atoms with E-state index < -0.39 is 0 Å². The Labute approximate surface area is 186 Å². The van der Waals surface area contributed by atoms with Gasteiger partial charge in [0, 0.05) is 6.54 Å². The second kappa shape index (κ2) is 11.4. The molecule has 0 heterocycles. The van der Waals surface area contributed by atoms with Gasteiger partial charge in [0.05, 0.1) is 0 Å². The Morgan fingerprint density at radius 1 is 0.742 bits per heavy atom. The van der Waals surface area contributed by atoms with Crippen LogP contribution in [0.4, 0.5) is 0 Å². The average molecular weight is 416 g/mol. The highest BCUT2D eigenvalue weighted by molar-refractivity contribution is 5.98. The van der Waals surface area contributed by atoms with Gasteiger partial charge in [-0.25, -0.2) is 0 Å². The van der Waals surface area contributed by atoms with Crippen LogP contribution in [0, 0.1) is 0 Å². The molecule has 3 aromatic carbocycles. The molecule has 162 valence electrons. The van der Waals surface area contributed by atoms with Gasteiger partial charge in [0.15, 0.2) is 0 Å². The molecule has 0 saturated heterocycles. The van der Waals surface area contributed by atoms with Crippen LogP contribution >= 0.6 is 0 Å². The summed E-state index contributed by atoms with van der Waals surface area (Å²) >= 11 is 0. The van der Waals surface area contributed by atoms with Crippen molar-refractivity contribution in [3.05, 3.63) is 95.6 Å². The second-order valence-corrected chi connectivity index (χ2v) is 7.52. The van der Waals surface area contributed by atoms with Crippen molar-refractivity contribution >= 4 is 11.1 Å². The predicted octanol–water partition coefficient (Wildman–Crippen LogP) is 6.48. The maximum Gasteiger partial charge on any atom is 0.119 e. The summed E-state index contributed by atoms with van der Waals surface area (Å²) in [4.78, 5) is 2.35. The number of phenolic OH excluding ortho intramolecular Hbond substituents is 1. The van der Waals surface area contributed by atoms with E-state index in [4.69, 9.17) is 4.74 Å². The smallest absolute Gasteiger partial charge is 0.119 e. The lowest BCUT2D eigenvalue weighted by Gasteiger charge is -2.19. The van der Waals surface area contributed by atoms with Gasteiger partial charge in [0.2, 0.25) is 0 Å². The standard InChI is InChI=1S/C28H33NO2/c1-4-27(22-10-8-7-9-11-22)28(23-12-16-25(30)17-13-23)24-14-18-26(19-15-24)31-21-20-29(5-2)6-3/h7-19,30H,4-6,20-21H2,1-3H3/b28-27-. The zero-order chi connectivity index (χ0) is 22.1. The maximum absolute atomic E-state index is 9.78. The molecule has 3 heteroatoms. The summed E-state index contributed by atoms with van der Waals surface area (Å²) in [5.74, 6) is 1.16. The fourth-order valence-corrected chi connectivity index (χ4v) is 3.86. The number of hydrogen-bond donors (Lipinski definition) is 1.